The molecule has 1 aromatic carbocycles. The largest absolute Gasteiger partial charge is 0.445 e. The van der Waals surface area contributed by atoms with E-state index in [-0.39, 0.29) is 48.8 Å². The van der Waals surface area contributed by atoms with Crippen LogP contribution in [0.2, 0.25) is 0 Å². The fourth-order valence-electron chi connectivity index (χ4n) is 7.59. The number of carbonyl (C=O) groups is 5. The zero-order chi connectivity index (χ0) is 37.7. The van der Waals surface area contributed by atoms with Gasteiger partial charge in [-0.3, -0.25) is 19.2 Å². The Morgan fingerprint density at radius 1 is 0.808 bits per heavy atom. The van der Waals surface area contributed by atoms with Crippen LogP contribution < -0.4 is 26.6 Å². The summed E-state index contributed by atoms with van der Waals surface area (Å²) >= 11 is 0. The van der Waals surface area contributed by atoms with Crippen LogP contribution in [0.25, 0.3) is 0 Å². The van der Waals surface area contributed by atoms with E-state index < -0.39 is 47.6 Å². The number of carbonyl (C=O) groups excluding carboxylic acids is 5. The molecule has 6 N–H and O–H groups in total. The molecule has 3 saturated carbocycles. The lowest BCUT2D eigenvalue weighted by molar-refractivity contribution is -0.134. The smallest absolute Gasteiger partial charge is 0.408 e. The van der Waals surface area contributed by atoms with Gasteiger partial charge >= 0.3 is 6.09 Å². The second-order valence-corrected chi connectivity index (χ2v) is 16.3. The number of ether oxygens (including phenoxy) is 1. The van der Waals surface area contributed by atoms with E-state index in [1.54, 1.807) is 0 Å². The molecule has 290 valence electrons. The molecule has 0 bridgehead atoms. The number of aliphatic hydroxyl groups excluding tert-OH is 1. The molecular weight excluding hydrogens is 662 g/mol. The van der Waals surface area contributed by atoms with Crippen molar-refractivity contribution in [3.8, 4) is 0 Å². The molecule has 52 heavy (non-hydrogen) atoms. The third kappa shape index (κ3) is 13.1. The van der Waals surface area contributed by atoms with Crippen LogP contribution in [-0.4, -0.2) is 71.1 Å². The summed E-state index contributed by atoms with van der Waals surface area (Å²) in [7, 11) is 0. The minimum absolute atomic E-state index is 0.0588. The lowest BCUT2D eigenvalue weighted by Gasteiger charge is -2.37. The number of rotatable bonds is 17. The highest BCUT2D eigenvalue weighted by molar-refractivity contribution is 5.92. The van der Waals surface area contributed by atoms with E-state index in [0.29, 0.717) is 19.3 Å². The van der Waals surface area contributed by atoms with Gasteiger partial charge in [-0.25, -0.2) is 4.79 Å². The molecule has 6 atom stereocenters. The lowest BCUT2D eigenvalue weighted by atomic mass is 9.80. The van der Waals surface area contributed by atoms with E-state index in [1.807, 2.05) is 58.0 Å². The molecule has 0 heterocycles. The van der Waals surface area contributed by atoms with Gasteiger partial charge in [0.1, 0.15) is 18.7 Å². The van der Waals surface area contributed by atoms with Gasteiger partial charge in [-0.2, -0.15) is 0 Å². The van der Waals surface area contributed by atoms with E-state index in [2.05, 4.69) is 26.6 Å². The quantitative estimate of drug-likeness (QED) is 0.134. The van der Waals surface area contributed by atoms with Crippen molar-refractivity contribution in [2.24, 2.45) is 17.3 Å². The van der Waals surface area contributed by atoms with Gasteiger partial charge in [0.15, 0.2) is 6.10 Å². The van der Waals surface area contributed by atoms with Crippen molar-refractivity contribution in [2.45, 2.75) is 167 Å². The maximum Gasteiger partial charge on any atom is 0.408 e. The zero-order valence-electron chi connectivity index (χ0n) is 31.7. The van der Waals surface area contributed by atoms with Crippen molar-refractivity contribution in [1.29, 1.82) is 0 Å². The number of hydrogen-bond donors (Lipinski definition) is 6. The van der Waals surface area contributed by atoms with Gasteiger partial charge in [0.2, 0.25) is 17.7 Å². The number of aliphatic hydroxyl groups is 1. The van der Waals surface area contributed by atoms with Gasteiger partial charge in [-0.15, -0.1) is 0 Å². The molecule has 0 spiro atoms. The summed E-state index contributed by atoms with van der Waals surface area (Å²) in [6.07, 6.45) is 9.97. The summed E-state index contributed by atoms with van der Waals surface area (Å²) in [6.45, 7) is 7.75. The summed E-state index contributed by atoms with van der Waals surface area (Å²) in [4.78, 5) is 66.5. The van der Waals surface area contributed by atoms with Crippen LogP contribution in [0.4, 0.5) is 4.79 Å². The topological polar surface area (TPSA) is 175 Å². The summed E-state index contributed by atoms with van der Waals surface area (Å²) in [6, 6.07) is 6.95. The zero-order valence-corrected chi connectivity index (χ0v) is 31.7. The number of amides is 5. The third-order valence-corrected chi connectivity index (χ3v) is 10.8. The second-order valence-electron chi connectivity index (χ2n) is 16.3. The van der Waals surface area contributed by atoms with E-state index in [0.717, 1.165) is 76.2 Å². The van der Waals surface area contributed by atoms with Crippen LogP contribution in [0.3, 0.4) is 0 Å². The molecule has 0 aliphatic heterocycles. The minimum Gasteiger partial charge on any atom is -0.445 e. The minimum atomic E-state index is -1.30. The fraction of sp³-hybridized carbons (Fsp3) is 0.725. The normalized spacial score (nSPS) is 21.8. The standard InChI is InChI=1S/C40H63N5O7/c1-5-14-31(34(47)37(49)41-29-22-23-29)42-32(46)24-21-27-17-12-13-20-30(27)43-38(50)35(40(2,3)4)45-36(48)33(28-18-10-7-11-19-28)44-39(51)52-25-26-15-8-6-9-16-26/h6,8-9,15-16,27-31,33-35,47H,5,7,10-14,17-25H2,1-4H3,(H,41,49)(H,42,46)(H,43,50)(H,44,51)(H,45,48)/t27-,30-,31-,33-,34?,35?/m0/s1. The number of alkyl carbamates (subject to hydrolysis) is 1. The SMILES string of the molecule is CCC[C@H](NC(=O)CC[C@@H]1CCCC[C@@H]1NC(=O)C(NC(=O)[C@@H](NC(=O)OCc1ccccc1)C1CCCCC1)C(C)(C)C)C(O)C(=O)NC1CC1. The van der Waals surface area contributed by atoms with E-state index in [9.17, 15) is 29.1 Å². The highest BCUT2D eigenvalue weighted by Crippen LogP contribution is 2.30. The highest BCUT2D eigenvalue weighted by Gasteiger charge is 2.40. The molecular formula is C40H63N5O7. The van der Waals surface area contributed by atoms with Crippen molar-refractivity contribution in [3.05, 3.63) is 35.9 Å². The first-order valence-corrected chi connectivity index (χ1v) is 19.7. The molecule has 12 nitrogen and oxygen atoms in total. The molecule has 1 aromatic rings. The Bertz CT molecular complexity index is 1330. The van der Waals surface area contributed by atoms with Gasteiger partial charge in [0, 0.05) is 18.5 Å². The number of hydrogen-bond acceptors (Lipinski definition) is 7. The van der Waals surface area contributed by atoms with E-state index in [1.165, 1.54) is 0 Å². The van der Waals surface area contributed by atoms with E-state index in [4.69, 9.17) is 4.74 Å². The first-order chi connectivity index (χ1) is 24.8. The predicted molar refractivity (Wildman–Crippen MR) is 199 cm³/mol. The molecule has 3 aliphatic rings. The third-order valence-electron chi connectivity index (χ3n) is 10.8. The molecule has 3 fully saturated rings. The highest BCUT2D eigenvalue weighted by atomic mass is 16.5. The summed E-state index contributed by atoms with van der Waals surface area (Å²) in [5.41, 5.74) is 0.213. The first kappa shape index (κ1) is 41.1. The van der Waals surface area contributed by atoms with Crippen LogP contribution in [0.5, 0.6) is 0 Å². The Kier molecular flexibility index (Phi) is 15.8. The summed E-state index contributed by atoms with van der Waals surface area (Å²) < 4.78 is 5.47. The Morgan fingerprint density at radius 3 is 2.13 bits per heavy atom. The van der Waals surface area contributed by atoms with Crippen molar-refractivity contribution in [1.82, 2.24) is 26.6 Å². The molecule has 3 aliphatic carbocycles. The van der Waals surface area contributed by atoms with E-state index >= 15 is 0 Å². The molecule has 12 heteroatoms. The van der Waals surface area contributed by atoms with Gasteiger partial charge in [0.05, 0.1) is 6.04 Å². The van der Waals surface area contributed by atoms with Crippen molar-refractivity contribution >= 4 is 29.7 Å². The first-order valence-electron chi connectivity index (χ1n) is 19.7. The van der Waals surface area contributed by atoms with Crippen molar-refractivity contribution < 1.29 is 33.8 Å². The summed E-state index contributed by atoms with van der Waals surface area (Å²) in [5, 5.41) is 25.4. The number of benzene rings is 1. The predicted octanol–water partition coefficient (Wildman–Crippen LogP) is 4.77. The van der Waals surface area contributed by atoms with Gasteiger partial charge in [0.25, 0.3) is 5.91 Å². The molecule has 0 radical (unpaired) electrons. The van der Waals surface area contributed by atoms with Gasteiger partial charge in [-0.05, 0) is 74.2 Å². The lowest BCUT2D eigenvalue weighted by Crippen LogP contribution is -2.61. The van der Waals surface area contributed by atoms with Crippen LogP contribution in [0.15, 0.2) is 30.3 Å². The molecule has 5 amide bonds. The van der Waals surface area contributed by atoms with Gasteiger partial charge in [-0.1, -0.05) is 96.6 Å². The fourth-order valence-corrected chi connectivity index (χ4v) is 7.59. The van der Waals surface area contributed by atoms with Crippen molar-refractivity contribution in [2.75, 3.05) is 0 Å². The van der Waals surface area contributed by atoms with Crippen LogP contribution in [-0.2, 0) is 30.5 Å². The van der Waals surface area contributed by atoms with Crippen LogP contribution in [0, 0.1) is 17.3 Å². The molecule has 2 unspecified atom stereocenters. The second kappa shape index (κ2) is 20.0. The maximum atomic E-state index is 14.0. The molecule has 0 aromatic heterocycles. The average molecular weight is 726 g/mol. The monoisotopic (exact) mass is 725 g/mol. The Labute approximate surface area is 309 Å². The molecule has 4 rings (SSSR count). The Hall–Kier alpha value is -3.67. The van der Waals surface area contributed by atoms with Crippen molar-refractivity contribution in [3.63, 3.8) is 0 Å². The maximum absolute atomic E-state index is 14.0. The van der Waals surface area contributed by atoms with Crippen LogP contribution >= 0.6 is 0 Å². The van der Waals surface area contributed by atoms with Gasteiger partial charge < -0.3 is 36.4 Å². The molecule has 0 saturated heterocycles. The number of nitrogens with one attached hydrogen (secondary N) is 5. The Balaban J connectivity index is 1.35. The average Bonchev–Trinajstić information content (AvgIpc) is 3.95. The summed E-state index contributed by atoms with van der Waals surface area (Å²) in [5.74, 6) is -1.37. The Morgan fingerprint density at radius 2 is 1.48 bits per heavy atom. The van der Waals surface area contributed by atoms with Crippen LogP contribution in [0.1, 0.15) is 130 Å².